The predicted octanol–water partition coefficient (Wildman–Crippen LogP) is 4.98. The highest BCUT2D eigenvalue weighted by molar-refractivity contribution is 5.75. The number of hydrogen-bond acceptors (Lipinski definition) is 3. The highest BCUT2D eigenvalue weighted by Crippen LogP contribution is 2.68. The molecule has 0 aromatic carbocycles. The molecule has 4 rings (SSSR count). The highest BCUT2D eigenvalue weighted by Gasteiger charge is 2.62. The molecule has 160 valence electrons. The minimum absolute atomic E-state index is 0.159. The van der Waals surface area contributed by atoms with Crippen LogP contribution >= 0.6 is 0 Å². The topological polar surface area (TPSA) is 57.5 Å². The molecular formula is C25H42O3. The number of carbonyl (C=O) groups is 1. The first-order chi connectivity index (χ1) is 13.2. The minimum atomic E-state index is -0.190. The number of hydrogen-bond donors (Lipinski definition) is 2. The molecule has 4 fully saturated rings. The molecule has 2 N–H and O–H groups in total. The average Bonchev–Trinajstić information content (AvgIpc) is 2.98. The number of rotatable bonds is 4. The van der Waals surface area contributed by atoms with E-state index in [9.17, 15) is 15.0 Å². The summed E-state index contributed by atoms with van der Waals surface area (Å²) in [6.45, 7) is 9.08. The second-order valence-corrected chi connectivity index (χ2v) is 11.7. The van der Waals surface area contributed by atoms with E-state index in [1.807, 2.05) is 0 Å². The van der Waals surface area contributed by atoms with E-state index in [2.05, 4.69) is 20.8 Å². The van der Waals surface area contributed by atoms with E-state index in [0.29, 0.717) is 52.1 Å². The normalized spacial score (nSPS) is 51.7. The molecule has 0 unspecified atom stereocenters. The molecule has 4 aliphatic rings. The maximum atomic E-state index is 11.5. The number of aliphatic hydroxyl groups excluding tert-OH is 2. The number of Topliss-reactive ketones (excluding diaryl/α,β-unsaturated/α-hetero) is 1. The first-order valence-electron chi connectivity index (χ1n) is 12.0. The van der Waals surface area contributed by atoms with Crippen LogP contribution in [-0.2, 0) is 4.79 Å². The lowest BCUT2D eigenvalue weighted by molar-refractivity contribution is -0.174. The van der Waals surface area contributed by atoms with E-state index in [4.69, 9.17) is 0 Å². The molecule has 3 nitrogen and oxygen atoms in total. The van der Waals surface area contributed by atoms with Gasteiger partial charge in [-0.25, -0.2) is 0 Å². The predicted molar refractivity (Wildman–Crippen MR) is 112 cm³/mol. The number of fused-ring (bicyclic) bond motifs is 5. The minimum Gasteiger partial charge on any atom is -0.393 e. The standard InChI is InChI=1S/C25H42O3/c1-15(5-6-16(2)26)19-7-8-20-23-21(10-12-25(19,20)4)24(3)11-9-18(27)13-17(24)14-22(23)28/h15,17-23,27-28H,5-14H2,1-4H3/t15-,17+,18-,19-,20+,21+,22-,23+,24+,25-/m1/s1. The van der Waals surface area contributed by atoms with Crippen molar-refractivity contribution in [3.8, 4) is 0 Å². The van der Waals surface area contributed by atoms with Crippen molar-refractivity contribution in [3.63, 3.8) is 0 Å². The SMILES string of the molecule is CC(=O)CC[C@@H](C)[C@H]1CC[C@H]2[C@@H]3[C@H](O)C[C@@H]4C[C@H](O)CC[C@]4(C)[C@H]3CC[C@]12C. The third-order valence-corrected chi connectivity index (χ3v) is 10.4. The van der Waals surface area contributed by atoms with Crippen LogP contribution in [0, 0.1) is 46.3 Å². The summed E-state index contributed by atoms with van der Waals surface area (Å²) in [7, 11) is 0. The molecule has 0 aliphatic heterocycles. The van der Waals surface area contributed by atoms with Crippen molar-refractivity contribution >= 4 is 5.78 Å². The molecule has 0 bridgehead atoms. The number of carbonyl (C=O) groups excluding carboxylic acids is 1. The molecule has 0 saturated heterocycles. The fourth-order valence-electron chi connectivity index (χ4n) is 8.81. The molecule has 0 radical (unpaired) electrons. The van der Waals surface area contributed by atoms with Crippen molar-refractivity contribution in [3.05, 3.63) is 0 Å². The van der Waals surface area contributed by atoms with E-state index in [-0.39, 0.29) is 12.2 Å². The Balaban J connectivity index is 1.55. The molecule has 4 saturated carbocycles. The van der Waals surface area contributed by atoms with Gasteiger partial charge in [-0.3, -0.25) is 0 Å². The first kappa shape index (κ1) is 20.8. The molecule has 0 aromatic rings. The van der Waals surface area contributed by atoms with Gasteiger partial charge in [0, 0.05) is 6.42 Å². The molecule has 0 spiro atoms. The quantitative estimate of drug-likeness (QED) is 0.711. The second kappa shape index (κ2) is 7.38. The van der Waals surface area contributed by atoms with Gasteiger partial charge < -0.3 is 15.0 Å². The Morgan fingerprint density at radius 1 is 1.00 bits per heavy atom. The maximum Gasteiger partial charge on any atom is 0.129 e. The Morgan fingerprint density at radius 3 is 2.39 bits per heavy atom. The molecule has 0 heterocycles. The van der Waals surface area contributed by atoms with Crippen LogP contribution in [0.25, 0.3) is 0 Å². The smallest absolute Gasteiger partial charge is 0.129 e. The van der Waals surface area contributed by atoms with Gasteiger partial charge in [0.2, 0.25) is 0 Å². The van der Waals surface area contributed by atoms with Gasteiger partial charge in [0.1, 0.15) is 5.78 Å². The van der Waals surface area contributed by atoms with Crippen LogP contribution < -0.4 is 0 Å². The van der Waals surface area contributed by atoms with E-state index < -0.39 is 0 Å². The molecular weight excluding hydrogens is 348 g/mol. The third kappa shape index (κ3) is 3.20. The van der Waals surface area contributed by atoms with Gasteiger partial charge in [-0.15, -0.1) is 0 Å². The summed E-state index contributed by atoms with van der Waals surface area (Å²) >= 11 is 0. The van der Waals surface area contributed by atoms with Crippen LogP contribution in [0.4, 0.5) is 0 Å². The summed E-state index contributed by atoms with van der Waals surface area (Å²) in [5.74, 6) is 3.81. The van der Waals surface area contributed by atoms with Crippen LogP contribution in [0.3, 0.4) is 0 Å². The first-order valence-corrected chi connectivity index (χ1v) is 12.0. The highest BCUT2D eigenvalue weighted by atomic mass is 16.3. The van der Waals surface area contributed by atoms with E-state index in [0.717, 1.165) is 38.5 Å². The van der Waals surface area contributed by atoms with Gasteiger partial charge in [0.25, 0.3) is 0 Å². The van der Waals surface area contributed by atoms with Crippen LogP contribution in [0.2, 0.25) is 0 Å². The van der Waals surface area contributed by atoms with Crippen molar-refractivity contribution < 1.29 is 15.0 Å². The maximum absolute atomic E-state index is 11.5. The number of aliphatic hydroxyl groups is 2. The summed E-state index contributed by atoms with van der Waals surface area (Å²) in [4.78, 5) is 11.5. The summed E-state index contributed by atoms with van der Waals surface area (Å²) in [6.07, 6.45) is 10.3. The van der Waals surface area contributed by atoms with Crippen molar-refractivity contribution in [2.24, 2.45) is 46.3 Å². The van der Waals surface area contributed by atoms with Gasteiger partial charge in [-0.1, -0.05) is 20.8 Å². The molecule has 4 aliphatic carbocycles. The van der Waals surface area contributed by atoms with E-state index in [1.54, 1.807) is 6.92 Å². The van der Waals surface area contributed by atoms with Crippen LogP contribution in [0.15, 0.2) is 0 Å². The fraction of sp³-hybridized carbons (Fsp3) is 0.960. The van der Waals surface area contributed by atoms with Gasteiger partial charge >= 0.3 is 0 Å². The van der Waals surface area contributed by atoms with Crippen molar-refractivity contribution in [1.82, 2.24) is 0 Å². The van der Waals surface area contributed by atoms with Crippen molar-refractivity contribution in [1.29, 1.82) is 0 Å². The Kier molecular flexibility index (Phi) is 5.49. The largest absolute Gasteiger partial charge is 0.393 e. The van der Waals surface area contributed by atoms with Gasteiger partial charge in [-0.2, -0.15) is 0 Å². The lowest BCUT2D eigenvalue weighted by Crippen LogP contribution is -2.58. The third-order valence-electron chi connectivity index (χ3n) is 10.4. The molecule has 0 aromatic heterocycles. The van der Waals surface area contributed by atoms with Crippen molar-refractivity contribution in [2.75, 3.05) is 0 Å². The zero-order valence-corrected chi connectivity index (χ0v) is 18.5. The summed E-state index contributed by atoms with van der Waals surface area (Å²) in [5, 5.41) is 21.5. The lowest BCUT2D eigenvalue weighted by atomic mass is 9.43. The van der Waals surface area contributed by atoms with Crippen LogP contribution in [-0.4, -0.2) is 28.2 Å². The summed E-state index contributed by atoms with van der Waals surface area (Å²) < 4.78 is 0. The second-order valence-electron chi connectivity index (χ2n) is 11.7. The Bertz CT molecular complexity index is 603. The lowest BCUT2D eigenvalue weighted by Gasteiger charge is -2.62. The van der Waals surface area contributed by atoms with Crippen LogP contribution in [0.1, 0.15) is 91.9 Å². The summed E-state index contributed by atoms with van der Waals surface area (Å²) in [6, 6.07) is 0. The average molecular weight is 391 g/mol. The van der Waals surface area contributed by atoms with Crippen LogP contribution in [0.5, 0.6) is 0 Å². The molecule has 0 amide bonds. The van der Waals surface area contributed by atoms with E-state index in [1.165, 1.54) is 25.7 Å². The monoisotopic (exact) mass is 390 g/mol. The Hall–Kier alpha value is -0.410. The Labute approximate surface area is 171 Å². The molecule has 10 atom stereocenters. The summed E-state index contributed by atoms with van der Waals surface area (Å²) in [5.41, 5.74) is 0.637. The van der Waals surface area contributed by atoms with Gasteiger partial charge in [-0.05, 0) is 111 Å². The van der Waals surface area contributed by atoms with Crippen molar-refractivity contribution in [2.45, 2.75) is 104 Å². The van der Waals surface area contributed by atoms with Gasteiger partial charge in [0.15, 0.2) is 0 Å². The fourth-order valence-corrected chi connectivity index (χ4v) is 8.81. The number of ketones is 1. The van der Waals surface area contributed by atoms with Gasteiger partial charge in [0.05, 0.1) is 12.2 Å². The molecule has 28 heavy (non-hydrogen) atoms. The Morgan fingerprint density at radius 2 is 1.68 bits per heavy atom. The zero-order valence-electron chi connectivity index (χ0n) is 18.5. The zero-order chi connectivity index (χ0) is 20.3. The van der Waals surface area contributed by atoms with E-state index >= 15 is 0 Å². The molecule has 3 heteroatoms.